The molecule has 4 aliphatic heterocycles. The molecular formula is C33H37ClFN7O4. The minimum atomic E-state index is -0.483. The highest BCUT2D eigenvalue weighted by Crippen LogP contribution is 2.41. The standard InChI is InChI=1S/C33H37ClFN7O4/c1-3-33(43)39-26-14-27(30(44-2)15-29(26)40-9-6-21(7-10-40)41-17-23-13-22(41)18-45-23)38-31-16-32(37-19-36-31)42-28(8-11-46-42)20-4-5-24(34)25(35)12-20/h3-5,12,14-16,19,21-23,28H,1,6-11,13,17-18H2,2H3,(H,39,43)(H,36,37,38)/t22-,23-,28-/m1/s1. The number of nitrogens with one attached hydrogen (secondary N) is 2. The molecule has 1 amide bonds. The number of fused-ring (bicyclic) bond motifs is 2. The minimum Gasteiger partial charge on any atom is -0.494 e. The number of aromatic nitrogens is 2. The summed E-state index contributed by atoms with van der Waals surface area (Å²) in [5, 5.41) is 8.05. The van der Waals surface area contributed by atoms with Gasteiger partial charge in [0.2, 0.25) is 5.91 Å². The first-order valence-electron chi connectivity index (χ1n) is 15.6. The number of hydrogen-bond donors (Lipinski definition) is 2. The quantitative estimate of drug-likeness (QED) is 0.290. The van der Waals surface area contributed by atoms with Crippen molar-refractivity contribution in [1.29, 1.82) is 0 Å². The summed E-state index contributed by atoms with van der Waals surface area (Å²) in [6, 6.07) is 11.1. The van der Waals surface area contributed by atoms with Crippen molar-refractivity contribution in [3.05, 3.63) is 71.8 Å². The van der Waals surface area contributed by atoms with Crippen molar-refractivity contribution in [3.63, 3.8) is 0 Å². The van der Waals surface area contributed by atoms with Gasteiger partial charge in [-0.25, -0.2) is 19.4 Å². The molecule has 5 heterocycles. The van der Waals surface area contributed by atoms with Gasteiger partial charge < -0.3 is 25.0 Å². The Hall–Kier alpha value is -3.97. The largest absolute Gasteiger partial charge is 0.494 e. The molecule has 2 N–H and O–H groups in total. The number of likely N-dealkylation sites (tertiary alicyclic amines) is 1. The zero-order chi connectivity index (χ0) is 31.8. The van der Waals surface area contributed by atoms with Gasteiger partial charge in [-0.3, -0.25) is 14.5 Å². The van der Waals surface area contributed by atoms with E-state index in [1.165, 1.54) is 18.5 Å². The first kappa shape index (κ1) is 30.7. The van der Waals surface area contributed by atoms with Crippen molar-refractivity contribution in [2.45, 2.75) is 49.9 Å². The first-order valence-corrected chi connectivity index (χ1v) is 16.0. The molecule has 4 saturated heterocycles. The molecule has 0 radical (unpaired) electrons. The van der Waals surface area contributed by atoms with Crippen LogP contribution in [-0.4, -0.2) is 78.9 Å². The number of carbonyl (C=O) groups is 1. The Morgan fingerprint density at radius 2 is 1.98 bits per heavy atom. The highest BCUT2D eigenvalue weighted by atomic mass is 35.5. The summed E-state index contributed by atoms with van der Waals surface area (Å²) in [6.07, 6.45) is 6.94. The minimum absolute atomic E-state index is 0.0695. The number of carbonyl (C=O) groups excluding carboxylic acids is 1. The number of methoxy groups -OCH3 is 1. The van der Waals surface area contributed by atoms with E-state index < -0.39 is 5.82 Å². The van der Waals surface area contributed by atoms with E-state index in [4.69, 9.17) is 25.9 Å². The fourth-order valence-corrected chi connectivity index (χ4v) is 7.20. The van der Waals surface area contributed by atoms with Gasteiger partial charge in [0, 0.05) is 50.3 Å². The second-order valence-electron chi connectivity index (χ2n) is 12.0. The van der Waals surface area contributed by atoms with Crippen LogP contribution in [0.2, 0.25) is 5.02 Å². The number of ether oxygens (including phenoxy) is 2. The van der Waals surface area contributed by atoms with Gasteiger partial charge in [0.25, 0.3) is 0 Å². The smallest absolute Gasteiger partial charge is 0.247 e. The normalized spacial score (nSPS) is 23.2. The van der Waals surface area contributed by atoms with Crippen molar-refractivity contribution in [3.8, 4) is 5.75 Å². The number of rotatable bonds is 9. The van der Waals surface area contributed by atoms with Crippen LogP contribution in [0.1, 0.15) is 37.3 Å². The SMILES string of the molecule is C=CC(=O)Nc1cc(Nc2cc(N3OCC[C@@H]3c3ccc(Cl)c(F)c3)ncn2)c(OC)cc1N1CCC(N2C[C@H]3C[C@@H]2CO3)CC1. The van der Waals surface area contributed by atoms with Gasteiger partial charge in [0.15, 0.2) is 5.82 Å². The highest BCUT2D eigenvalue weighted by Gasteiger charge is 2.42. The van der Waals surface area contributed by atoms with E-state index in [9.17, 15) is 9.18 Å². The van der Waals surface area contributed by atoms with Crippen LogP contribution < -0.4 is 25.3 Å². The van der Waals surface area contributed by atoms with Gasteiger partial charge >= 0.3 is 0 Å². The molecule has 1 aromatic heterocycles. The molecule has 2 aromatic carbocycles. The van der Waals surface area contributed by atoms with E-state index in [0.717, 1.165) is 56.8 Å². The number of halogens is 2. The molecule has 4 aliphatic rings. The van der Waals surface area contributed by atoms with Crippen LogP contribution in [0.5, 0.6) is 5.75 Å². The van der Waals surface area contributed by atoms with Gasteiger partial charge in [0.1, 0.15) is 23.7 Å². The van der Waals surface area contributed by atoms with Gasteiger partial charge in [-0.1, -0.05) is 24.2 Å². The third-order valence-electron chi connectivity index (χ3n) is 9.35. The Labute approximate surface area is 272 Å². The Morgan fingerprint density at radius 1 is 1.13 bits per heavy atom. The fraction of sp³-hybridized carbons (Fsp3) is 0.424. The molecule has 3 atom stereocenters. The van der Waals surface area contributed by atoms with Gasteiger partial charge in [-0.15, -0.1) is 0 Å². The fourth-order valence-electron chi connectivity index (χ4n) is 7.09. The Balaban J connectivity index is 1.12. The van der Waals surface area contributed by atoms with E-state index in [1.807, 2.05) is 12.1 Å². The average Bonchev–Trinajstić information content (AvgIpc) is 3.85. The van der Waals surface area contributed by atoms with Gasteiger partial charge in [-0.2, -0.15) is 0 Å². The zero-order valence-electron chi connectivity index (χ0n) is 25.6. The average molecular weight is 650 g/mol. The maximum atomic E-state index is 14.3. The Bertz CT molecular complexity index is 1620. The lowest BCUT2D eigenvalue weighted by Crippen LogP contribution is -2.49. The second kappa shape index (κ2) is 13.0. The lowest BCUT2D eigenvalue weighted by molar-refractivity contribution is -0.111. The Kier molecular flexibility index (Phi) is 8.69. The number of morpholine rings is 1. The third kappa shape index (κ3) is 6.09. The van der Waals surface area contributed by atoms with E-state index in [2.05, 4.69) is 37.0 Å². The molecule has 4 fully saturated rings. The summed E-state index contributed by atoms with van der Waals surface area (Å²) in [7, 11) is 1.61. The summed E-state index contributed by atoms with van der Waals surface area (Å²) < 4.78 is 25.9. The molecule has 2 bridgehead atoms. The summed E-state index contributed by atoms with van der Waals surface area (Å²) in [5.41, 5.74) is 2.87. The molecule has 0 spiro atoms. The van der Waals surface area contributed by atoms with Crippen LogP contribution in [0.25, 0.3) is 0 Å². The number of benzene rings is 2. The molecule has 7 rings (SSSR count). The van der Waals surface area contributed by atoms with Crippen LogP contribution in [0.15, 0.2) is 55.4 Å². The number of hydrogen-bond acceptors (Lipinski definition) is 10. The number of anilines is 5. The van der Waals surface area contributed by atoms with E-state index >= 15 is 0 Å². The molecular weight excluding hydrogens is 613 g/mol. The molecule has 13 heteroatoms. The number of amides is 1. The maximum absolute atomic E-state index is 14.3. The highest BCUT2D eigenvalue weighted by molar-refractivity contribution is 6.30. The second-order valence-corrected chi connectivity index (χ2v) is 12.5. The molecule has 0 unspecified atom stereocenters. The summed E-state index contributed by atoms with van der Waals surface area (Å²) in [4.78, 5) is 32.2. The van der Waals surface area contributed by atoms with Crippen LogP contribution in [0, 0.1) is 5.82 Å². The van der Waals surface area contributed by atoms with Crippen LogP contribution in [0.3, 0.4) is 0 Å². The van der Waals surface area contributed by atoms with Crippen LogP contribution in [0.4, 0.5) is 33.1 Å². The predicted octanol–water partition coefficient (Wildman–Crippen LogP) is 5.47. The van der Waals surface area contributed by atoms with E-state index in [0.29, 0.717) is 60.0 Å². The lowest BCUT2D eigenvalue weighted by Gasteiger charge is -2.41. The van der Waals surface area contributed by atoms with Crippen molar-refractivity contribution >= 4 is 46.2 Å². The van der Waals surface area contributed by atoms with E-state index in [-0.39, 0.29) is 17.0 Å². The molecule has 242 valence electrons. The third-order valence-corrected chi connectivity index (χ3v) is 9.66. The molecule has 0 aliphatic carbocycles. The van der Waals surface area contributed by atoms with Crippen molar-refractivity contribution in [1.82, 2.24) is 14.9 Å². The van der Waals surface area contributed by atoms with Crippen LogP contribution in [-0.2, 0) is 14.4 Å². The molecule has 3 aromatic rings. The topological polar surface area (TPSA) is 104 Å². The molecule has 11 nitrogen and oxygen atoms in total. The van der Waals surface area contributed by atoms with Crippen LogP contribution >= 0.6 is 11.6 Å². The summed E-state index contributed by atoms with van der Waals surface area (Å²) >= 11 is 5.91. The number of nitrogens with zero attached hydrogens (tertiary/aromatic N) is 5. The van der Waals surface area contributed by atoms with Gasteiger partial charge in [0.05, 0.1) is 54.6 Å². The lowest BCUT2D eigenvalue weighted by atomic mass is 10.0. The molecule has 0 saturated carbocycles. The molecule has 46 heavy (non-hydrogen) atoms. The summed E-state index contributed by atoms with van der Waals surface area (Å²) in [5.74, 6) is 0.796. The van der Waals surface area contributed by atoms with E-state index in [1.54, 1.807) is 30.4 Å². The van der Waals surface area contributed by atoms with Crippen molar-refractivity contribution in [2.75, 3.05) is 60.6 Å². The Morgan fingerprint density at radius 3 is 2.70 bits per heavy atom. The van der Waals surface area contributed by atoms with Crippen molar-refractivity contribution in [2.24, 2.45) is 0 Å². The predicted molar refractivity (Wildman–Crippen MR) is 174 cm³/mol. The zero-order valence-corrected chi connectivity index (χ0v) is 26.4. The summed E-state index contributed by atoms with van der Waals surface area (Å²) in [6.45, 7) is 7.67. The van der Waals surface area contributed by atoms with Gasteiger partial charge in [-0.05, 0) is 49.1 Å². The monoisotopic (exact) mass is 649 g/mol. The number of hydroxylamine groups is 1. The maximum Gasteiger partial charge on any atom is 0.247 e. The van der Waals surface area contributed by atoms with Crippen molar-refractivity contribution < 1.29 is 23.5 Å². The first-order chi connectivity index (χ1) is 22.4. The number of piperidine rings is 1.